The molecule has 0 aliphatic carbocycles. The first-order valence-corrected chi connectivity index (χ1v) is 9.98. The molecule has 0 bridgehead atoms. The summed E-state index contributed by atoms with van der Waals surface area (Å²) in [7, 11) is 1.69. The summed E-state index contributed by atoms with van der Waals surface area (Å²) < 4.78 is 11.5. The number of aromatic nitrogens is 1. The maximum Gasteiger partial charge on any atom is 0.253 e. The van der Waals surface area contributed by atoms with Crippen molar-refractivity contribution in [3.63, 3.8) is 0 Å². The van der Waals surface area contributed by atoms with Crippen LogP contribution in [0.2, 0.25) is 0 Å². The van der Waals surface area contributed by atoms with Crippen LogP contribution in [0.4, 0.5) is 0 Å². The second-order valence-electron chi connectivity index (χ2n) is 7.38. The van der Waals surface area contributed by atoms with E-state index < -0.39 is 0 Å². The van der Waals surface area contributed by atoms with Crippen molar-refractivity contribution < 1.29 is 14.3 Å². The number of hydrogen-bond donors (Lipinski definition) is 0. The number of benzene rings is 1. The van der Waals surface area contributed by atoms with Crippen LogP contribution in [0.5, 0.6) is 11.5 Å². The van der Waals surface area contributed by atoms with Crippen LogP contribution in [0.25, 0.3) is 0 Å². The van der Waals surface area contributed by atoms with Crippen molar-refractivity contribution in [1.29, 1.82) is 0 Å². The predicted molar refractivity (Wildman–Crippen MR) is 107 cm³/mol. The number of amides is 1. The molecule has 0 unspecified atom stereocenters. The van der Waals surface area contributed by atoms with Gasteiger partial charge in [-0.15, -0.1) is 0 Å². The average Bonchev–Trinajstić information content (AvgIpc) is 2.74. The van der Waals surface area contributed by atoms with Crippen LogP contribution in [-0.2, 0) is 6.54 Å². The smallest absolute Gasteiger partial charge is 0.253 e. The molecule has 0 atom stereocenters. The number of nitrogens with zero attached hydrogens (tertiary/aromatic N) is 3. The topological polar surface area (TPSA) is 54.9 Å². The Kier molecular flexibility index (Phi) is 5.76. The van der Waals surface area contributed by atoms with Crippen LogP contribution in [0, 0.1) is 0 Å². The van der Waals surface area contributed by atoms with Gasteiger partial charge < -0.3 is 14.4 Å². The summed E-state index contributed by atoms with van der Waals surface area (Å²) in [6.45, 7) is 4.16. The number of pyridine rings is 1. The van der Waals surface area contributed by atoms with Crippen molar-refractivity contribution in [1.82, 2.24) is 14.8 Å². The summed E-state index contributed by atoms with van der Waals surface area (Å²) in [5, 5.41) is 0. The molecule has 0 N–H and O–H groups in total. The number of likely N-dealkylation sites (tertiary alicyclic amines) is 1. The van der Waals surface area contributed by atoms with Crippen LogP contribution in [-0.4, -0.2) is 60.1 Å². The fraction of sp³-hybridized carbons (Fsp3) is 0.455. The number of fused-ring (bicyclic) bond motifs is 1. The summed E-state index contributed by atoms with van der Waals surface area (Å²) >= 11 is 0. The molecule has 1 aromatic heterocycles. The predicted octanol–water partition coefficient (Wildman–Crippen LogP) is 2.98. The first-order valence-electron chi connectivity index (χ1n) is 9.98. The second-order valence-corrected chi connectivity index (χ2v) is 7.38. The molecule has 0 radical (unpaired) electrons. The first-order chi connectivity index (χ1) is 13.8. The highest BCUT2D eigenvalue weighted by Gasteiger charge is 2.29. The van der Waals surface area contributed by atoms with E-state index >= 15 is 0 Å². The van der Waals surface area contributed by atoms with Crippen molar-refractivity contribution in [3.8, 4) is 11.5 Å². The van der Waals surface area contributed by atoms with Gasteiger partial charge >= 0.3 is 0 Å². The van der Waals surface area contributed by atoms with E-state index in [2.05, 4.69) is 16.0 Å². The Morgan fingerprint density at radius 3 is 2.68 bits per heavy atom. The second kappa shape index (κ2) is 8.61. The molecule has 2 aliphatic heterocycles. The van der Waals surface area contributed by atoms with E-state index in [1.807, 2.05) is 17.0 Å². The fourth-order valence-corrected chi connectivity index (χ4v) is 4.17. The van der Waals surface area contributed by atoms with Crippen molar-refractivity contribution in [3.05, 3.63) is 53.9 Å². The minimum Gasteiger partial charge on any atom is -0.493 e. The number of methoxy groups -OCH3 is 1. The lowest BCUT2D eigenvalue weighted by Crippen LogP contribution is -2.47. The fourth-order valence-electron chi connectivity index (χ4n) is 4.17. The molecule has 4 rings (SSSR count). The Morgan fingerprint density at radius 1 is 1.14 bits per heavy atom. The third-order valence-electron chi connectivity index (χ3n) is 5.69. The van der Waals surface area contributed by atoms with Crippen LogP contribution < -0.4 is 9.47 Å². The molecule has 0 spiro atoms. The lowest BCUT2D eigenvalue weighted by Gasteiger charge is -2.39. The summed E-state index contributed by atoms with van der Waals surface area (Å²) in [4.78, 5) is 21.2. The Labute approximate surface area is 166 Å². The zero-order valence-corrected chi connectivity index (χ0v) is 16.3. The van der Waals surface area contributed by atoms with Crippen molar-refractivity contribution in [2.45, 2.75) is 31.8 Å². The standard InChI is InChI=1S/C22H27N3O3/c1-27-20-5-2-4-18-16-25(12-3-15-28-21(18)20)19-8-13-24(14-9-19)22(26)17-6-10-23-11-7-17/h2,4-7,10-11,19H,3,8-9,12-16H2,1H3. The maximum absolute atomic E-state index is 12.7. The molecule has 6 nitrogen and oxygen atoms in total. The first kappa shape index (κ1) is 18.7. The number of piperidine rings is 1. The van der Waals surface area contributed by atoms with Gasteiger partial charge in [0.25, 0.3) is 5.91 Å². The van der Waals surface area contributed by atoms with Gasteiger partial charge in [0.05, 0.1) is 13.7 Å². The van der Waals surface area contributed by atoms with E-state index in [-0.39, 0.29) is 5.91 Å². The van der Waals surface area contributed by atoms with E-state index in [4.69, 9.17) is 9.47 Å². The van der Waals surface area contributed by atoms with E-state index in [9.17, 15) is 4.79 Å². The molecule has 148 valence electrons. The number of carbonyl (C=O) groups excluding carboxylic acids is 1. The lowest BCUT2D eigenvalue weighted by atomic mass is 10.0. The lowest BCUT2D eigenvalue weighted by molar-refractivity contribution is 0.0587. The molecule has 1 aromatic carbocycles. The molecule has 1 amide bonds. The third kappa shape index (κ3) is 3.97. The van der Waals surface area contributed by atoms with Gasteiger partial charge in [-0.2, -0.15) is 0 Å². The van der Waals surface area contributed by atoms with E-state index in [0.29, 0.717) is 12.6 Å². The summed E-state index contributed by atoms with van der Waals surface area (Å²) in [6.07, 6.45) is 6.34. The van der Waals surface area contributed by atoms with Gasteiger partial charge in [0, 0.05) is 55.7 Å². The Hall–Kier alpha value is -2.60. The molecule has 1 saturated heterocycles. The summed E-state index contributed by atoms with van der Waals surface area (Å²) in [6, 6.07) is 10.2. The summed E-state index contributed by atoms with van der Waals surface area (Å²) in [5.41, 5.74) is 1.90. The largest absolute Gasteiger partial charge is 0.493 e. The highest BCUT2D eigenvalue weighted by atomic mass is 16.5. The molecule has 28 heavy (non-hydrogen) atoms. The number of carbonyl (C=O) groups is 1. The normalized spacial score (nSPS) is 18.5. The monoisotopic (exact) mass is 381 g/mol. The Bertz CT molecular complexity index is 804. The maximum atomic E-state index is 12.7. The Balaban J connectivity index is 1.42. The zero-order chi connectivity index (χ0) is 19.3. The molecule has 1 fully saturated rings. The van der Waals surface area contributed by atoms with Crippen molar-refractivity contribution >= 4 is 5.91 Å². The van der Waals surface area contributed by atoms with Crippen LogP contribution >= 0.6 is 0 Å². The van der Waals surface area contributed by atoms with Gasteiger partial charge in [-0.25, -0.2) is 0 Å². The molecule has 2 aliphatic rings. The zero-order valence-electron chi connectivity index (χ0n) is 16.3. The minimum absolute atomic E-state index is 0.108. The van der Waals surface area contributed by atoms with E-state index in [1.54, 1.807) is 31.6 Å². The molecule has 3 heterocycles. The highest BCUT2D eigenvalue weighted by molar-refractivity contribution is 5.94. The SMILES string of the molecule is COc1cccc2c1OCCCN(C1CCN(C(=O)c3ccncc3)CC1)C2. The van der Waals surface area contributed by atoms with Gasteiger partial charge in [-0.1, -0.05) is 12.1 Å². The molecular formula is C22H27N3O3. The average molecular weight is 381 g/mol. The van der Waals surface area contributed by atoms with Gasteiger partial charge in [0.1, 0.15) is 0 Å². The van der Waals surface area contributed by atoms with Crippen LogP contribution in [0.1, 0.15) is 35.2 Å². The van der Waals surface area contributed by atoms with Crippen LogP contribution in [0.15, 0.2) is 42.7 Å². The van der Waals surface area contributed by atoms with Gasteiger partial charge in [0.15, 0.2) is 11.5 Å². The van der Waals surface area contributed by atoms with E-state index in [0.717, 1.165) is 62.5 Å². The molecule has 0 saturated carbocycles. The van der Waals surface area contributed by atoms with Crippen LogP contribution in [0.3, 0.4) is 0 Å². The van der Waals surface area contributed by atoms with Crippen molar-refractivity contribution in [2.75, 3.05) is 33.4 Å². The molecule has 6 heteroatoms. The van der Waals surface area contributed by atoms with Gasteiger partial charge in [0.2, 0.25) is 0 Å². The number of hydrogen-bond acceptors (Lipinski definition) is 5. The minimum atomic E-state index is 0.108. The number of rotatable bonds is 3. The van der Waals surface area contributed by atoms with Gasteiger partial charge in [-0.3, -0.25) is 14.7 Å². The molecular weight excluding hydrogens is 354 g/mol. The Morgan fingerprint density at radius 2 is 1.93 bits per heavy atom. The number of para-hydroxylation sites is 1. The third-order valence-corrected chi connectivity index (χ3v) is 5.69. The molecule has 2 aromatic rings. The quantitative estimate of drug-likeness (QED) is 0.818. The highest BCUT2D eigenvalue weighted by Crippen LogP contribution is 2.34. The van der Waals surface area contributed by atoms with Gasteiger partial charge in [-0.05, 0) is 37.5 Å². The van der Waals surface area contributed by atoms with Crippen molar-refractivity contribution in [2.24, 2.45) is 0 Å². The number of ether oxygens (including phenoxy) is 2. The van der Waals surface area contributed by atoms with E-state index in [1.165, 1.54) is 5.56 Å². The summed E-state index contributed by atoms with van der Waals surface area (Å²) in [5.74, 6) is 1.79.